The van der Waals surface area contributed by atoms with Gasteiger partial charge >= 0.3 is 0 Å². The molecule has 31 heavy (non-hydrogen) atoms. The zero-order valence-electron chi connectivity index (χ0n) is 17.1. The van der Waals surface area contributed by atoms with Crippen LogP contribution in [0.15, 0.2) is 42.5 Å². The van der Waals surface area contributed by atoms with E-state index in [0.717, 1.165) is 48.3 Å². The van der Waals surface area contributed by atoms with Crippen molar-refractivity contribution in [1.29, 1.82) is 0 Å². The summed E-state index contributed by atoms with van der Waals surface area (Å²) < 4.78 is 0. The lowest BCUT2D eigenvalue weighted by Crippen LogP contribution is -2.51. The Hall–Kier alpha value is -3.22. The van der Waals surface area contributed by atoms with Crippen molar-refractivity contribution in [3.8, 4) is 11.4 Å². The quantitative estimate of drug-likeness (QED) is 0.445. The minimum absolute atomic E-state index is 0.0328. The Morgan fingerprint density at radius 2 is 1.68 bits per heavy atom. The number of amides is 1. The second-order valence-corrected chi connectivity index (χ2v) is 9.77. The number of H-pyrrole nitrogens is 1. The van der Waals surface area contributed by atoms with E-state index < -0.39 is 4.92 Å². The van der Waals surface area contributed by atoms with Crippen molar-refractivity contribution >= 4 is 28.3 Å². The lowest BCUT2D eigenvalue weighted by molar-refractivity contribution is -0.384. The zero-order chi connectivity index (χ0) is 21.2. The molecule has 1 heterocycles. The fourth-order valence-corrected chi connectivity index (χ4v) is 6.61. The highest BCUT2D eigenvalue weighted by atomic mass is 16.6. The Morgan fingerprint density at radius 3 is 2.29 bits per heavy atom. The number of anilines is 1. The standard InChI is InChI=1S/C24H24N4O3/c29-23(24-11-14-7-15(12-24)9-16(8-14)13-24)25-18-3-1-17(2-4-18)22-26-20-6-5-19(28(30)31)10-21(20)27-22/h1-6,10,14-16H,7-9,11-13H2,(H,25,29)(H,26,27). The van der Waals surface area contributed by atoms with Gasteiger partial charge in [-0.15, -0.1) is 0 Å². The van der Waals surface area contributed by atoms with Crippen LogP contribution in [0.3, 0.4) is 0 Å². The number of nitro benzene ring substituents is 1. The molecule has 1 amide bonds. The molecule has 7 nitrogen and oxygen atoms in total. The number of hydrogen-bond donors (Lipinski definition) is 2. The number of imidazole rings is 1. The van der Waals surface area contributed by atoms with E-state index >= 15 is 0 Å². The van der Waals surface area contributed by atoms with Crippen LogP contribution < -0.4 is 5.32 Å². The van der Waals surface area contributed by atoms with Crippen LogP contribution in [0.4, 0.5) is 11.4 Å². The molecule has 3 aromatic rings. The molecule has 1 aromatic heterocycles. The molecular formula is C24H24N4O3. The molecule has 4 fully saturated rings. The van der Waals surface area contributed by atoms with Gasteiger partial charge in [-0.2, -0.15) is 0 Å². The normalized spacial score (nSPS) is 28.7. The van der Waals surface area contributed by atoms with E-state index in [1.54, 1.807) is 6.07 Å². The monoisotopic (exact) mass is 416 g/mol. The third kappa shape index (κ3) is 3.10. The van der Waals surface area contributed by atoms with Crippen molar-refractivity contribution in [2.45, 2.75) is 38.5 Å². The first-order valence-corrected chi connectivity index (χ1v) is 11.0. The molecule has 0 atom stereocenters. The minimum Gasteiger partial charge on any atom is -0.338 e. The van der Waals surface area contributed by atoms with Gasteiger partial charge in [-0.25, -0.2) is 4.98 Å². The number of rotatable bonds is 4. The summed E-state index contributed by atoms with van der Waals surface area (Å²) in [7, 11) is 0. The van der Waals surface area contributed by atoms with Gasteiger partial charge in [0.25, 0.3) is 5.69 Å². The van der Waals surface area contributed by atoms with Gasteiger partial charge in [-0.1, -0.05) is 0 Å². The number of aromatic amines is 1. The summed E-state index contributed by atoms with van der Waals surface area (Å²) in [6.07, 6.45) is 7.11. The number of nitrogens with one attached hydrogen (secondary N) is 2. The first-order valence-electron chi connectivity index (χ1n) is 11.0. The van der Waals surface area contributed by atoms with Crippen LogP contribution >= 0.6 is 0 Å². The van der Waals surface area contributed by atoms with E-state index in [2.05, 4.69) is 15.3 Å². The van der Waals surface area contributed by atoms with Crippen molar-refractivity contribution in [2.24, 2.45) is 23.2 Å². The highest BCUT2D eigenvalue weighted by Gasteiger charge is 2.54. The van der Waals surface area contributed by atoms with Gasteiger partial charge in [0.1, 0.15) is 5.82 Å². The first kappa shape index (κ1) is 18.5. The maximum Gasteiger partial charge on any atom is 0.271 e. The number of benzene rings is 2. The van der Waals surface area contributed by atoms with Gasteiger partial charge in [0.05, 0.1) is 21.4 Å². The molecular weight excluding hydrogens is 392 g/mol. The Labute approximate surface area is 179 Å². The third-order valence-corrected chi connectivity index (χ3v) is 7.61. The van der Waals surface area contributed by atoms with Gasteiger partial charge in [0.2, 0.25) is 5.91 Å². The van der Waals surface area contributed by atoms with Crippen LogP contribution in [-0.2, 0) is 4.79 Å². The molecule has 4 bridgehead atoms. The Bertz CT molecular complexity index is 1160. The van der Waals surface area contributed by atoms with E-state index in [0.29, 0.717) is 16.9 Å². The molecule has 4 saturated carbocycles. The van der Waals surface area contributed by atoms with Crippen LogP contribution in [0, 0.1) is 33.3 Å². The second kappa shape index (κ2) is 6.64. The van der Waals surface area contributed by atoms with Crippen molar-refractivity contribution in [3.63, 3.8) is 0 Å². The Morgan fingerprint density at radius 1 is 1.03 bits per heavy atom. The lowest BCUT2D eigenvalue weighted by Gasteiger charge is -2.55. The predicted octanol–water partition coefficient (Wildman–Crippen LogP) is 5.29. The Kier molecular flexibility index (Phi) is 3.97. The fraction of sp³-hybridized carbons (Fsp3) is 0.417. The van der Waals surface area contributed by atoms with Gasteiger partial charge in [0.15, 0.2) is 0 Å². The summed E-state index contributed by atoms with van der Waals surface area (Å²) in [4.78, 5) is 31.5. The van der Waals surface area contributed by atoms with E-state index in [-0.39, 0.29) is 17.0 Å². The lowest BCUT2D eigenvalue weighted by atomic mass is 9.49. The summed E-state index contributed by atoms with van der Waals surface area (Å²) in [5.41, 5.74) is 2.84. The minimum atomic E-state index is -0.415. The van der Waals surface area contributed by atoms with Crippen molar-refractivity contribution in [3.05, 3.63) is 52.6 Å². The van der Waals surface area contributed by atoms with Crippen LogP contribution in [0.2, 0.25) is 0 Å². The number of hydrogen-bond acceptors (Lipinski definition) is 4. The predicted molar refractivity (Wildman–Crippen MR) is 117 cm³/mol. The number of fused-ring (bicyclic) bond motifs is 1. The van der Waals surface area contributed by atoms with Gasteiger partial charge in [-0.05, 0) is 86.6 Å². The van der Waals surface area contributed by atoms with Crippen molar-refractivity contribution in [1.82, 2.24) is 9.97 Å². The summed E-state index contributed by atoms with van der Waals surface area (Å²) >= 11 is 0. The van der Waals surface area contributed by atoms with Crippen LogP contribution in [0.1, 0.15) is 38.5 Å². The van der Waals surface area contributed by atoms with Crippen LogP contribution in [0.5, 0.6) is 0 Å². The smallest absolute Gasteiger partial charge is 0.271 e. The molecule has 0 radical (unpaired) electrons. The number of nitrogens with zero attached hydrogens (tertiary/aromatic N) is 2. The van der Waals surface area contributed by atoms with Crippen LogP contribution in [0.25, 0.3) is 22.4 Å². The van der Waals surface area contributed by atoms with Gasteiger partial charge in [-0.3, -0.25) is 14.9 Å². The van der Waals surface area contributed by atoms with Crippen LogP contribution in [-0.4, -0.2) is 20.8 Å². The molecule has 0 saturated heterocycles. The topological polar surface area (TPSA) is 101 Å². The second-order valence-electron chi connectivity index (χ2n) is 9.77. The van der Waals surface area contributed by atoms with Gasteiger partial charge in [0, 0.05) is 23.4 Å². The molecule has 4 aliphatic rings. The van der Waals surface area contributed by atoms with Crippen molar-refractivity contribution < 1.29 is 9.72 Å². The average molecular weight is 416 g/mol. The van der Waals surface area contributed by atoms with Crippen molar-refractivity contribution in [2.75, 3.05) is 5.32 Å². The average Bonchev–Trinajstić information content (AvgIpc) is 3.16. The highest BCUT2D eigenvalue weighted by molar-refractivity contribution is 5.96. The molecule has 0 spiro atoms. The van der Waals surface area contributed by atoms with E-state index in [9.17, 15) is 14.9 Å². The molecule has 2 aromatic carbocycles. The van der Waals surface area contributed by atoms with E-state index in [1.165, 1.54) is 31.4 Å². The number of nitro groups is 1. The van der Waals surface area contributed by atoms with E-state index in [4.69, 9.17) is 0 Å². The molecule has 7 heteroatoms. The molecule has 7 rings (SSSR count). The molecule has 4 aliphatic carbocycles. The summed E-state index contributed by atoms with van der Waals surface area (Å²) in [5, 5.41) is 14.2. The summed E-state index contributed by atoms with van der Waals surface area (Å²) in [6.45, 7) is 0. The highest BCUT2D eigenvalue weighted by Crippen LogP contribution is 2.60. The largest absolute Gasteiger partial charge is 0.338 e. The third-order valence-electron chi connectivity index (χ3n) is 7.61. The molecule has 0 aliphatic heterocycles. The summed E-state index contributed by atoms with van der Waals surface area (Å²) in [5.74, 6) is 3.06. The zero-order valence-corrected chi connectivity index (χ0v) is 17.1. The number of non-ortho nitro benzene ring substituents is 1. The first-order chi connectivity index (χ1) is 15.0. The fourth-order valence-electron chi connectivity index (χ4n) is 6.61. The SMILES string of the molecule is O=C(Nc1ccc(-c2nc3ccc([N+](=O)[O-])cc3[nH]2)cc1)C12CC3CC(CC(C3)C1)C2. The summed E-state index contributed by atoms with van der Waals surface area (Å²) in [6, 6.07) is 12.2. The Balaban J connectivity index is 1.21. The number of carbonyl (C=O) groups excluding carboxylic acids is 1. The maximum atomic E-state index is 13.2. The number of carbonyl (C=O) groups is 1. The molecule has 0 unspecified atom stereocenters. The molecule has 158 valence electrons. The molecule has 2 N–H and O–H groups in total. The van der Waals surface area contributed by atoms with Gasteiger partial charge < -0.3 is 10.3 Å². The number of aromatic nitrogens is 2. The maximum absolute atomic E-state index is 13.2. The van der Waals surface area contributed by atoms with E-state index in [1.807, 2.05) is 24.3 Å².